The van der Waals surface area contributed by atoms with Gasteiger partial charge < -0.3 is 10.1 Å². The van der Waals surface area contributed by atoms with E-state index in [0.29, 0.717) is 0 Å². The van der Waals surface area contributed by atoms with E-state index in [1.165, 1.54) is 25.0 Å². The van der Waals surface area contributed by atoms with Crippen LogP contribution < -0.4 is 15.6 Å². The number of hydrogen-bond donors (Lipinski definition) is 1. The highest BCUT2D eigenvalue weighted by Crippen LogP contribution is 2.13. The van der Waals surface area contributed by atoms with Crippen LogP contribution in [0.5, 0.6) is 5.75 Å². The second-order valence-corrected chi connectivity index (χ2v) is 4.98. The lowest BCUT2D eigenvalue weighted by molar-refractivity contribution is -0.0756. The van der Waals surface area contributed by atoms with Gasteiger partial charge >= 0.3 is 0 Å². The highest BCUT2D eigenvalue weighted by molar-refractivity contribution is 5.98. The SMILES string of the molecule is CNc1c(C(=O)N(C)OC)cnn(Cc2ccc(OC)cc2)c1=O. The van der Waals surface area contributed by atoms with Gasteiger partial charge in [0.25, 0.3) is 11.5 Å². The lowest BCUT2D eigenvalue weighted by Gasteiger charge is -2.16. The van der Waals surface area contributed by atoms with Crippen LogP contribution in [0.4, 0.5) is 5.69 Å². The van der Waals surface area contributed by atoms with Crippen LogP contribution in [-0.2, 0) is 11.4 Å². The van der Waals surface area contributed by atoms with E-state index in [1.54, 1.807) is 14.2 Å². The fraction of sp³-hybridized carbons (Fsp3) is 0.312. The molecular formula is C16H20N4O4. The Morgan fingerprint density at radius 3 is 2.50 bits per heavy atom. The van der Waals surface area contributed by atoms with Crippen LogP contribution in [0.15, 0.2) is 35.3 Å². The number of aromatic nitrogens is 2. The molecular weight excluding hydrogens is 312 g/mol. The number of methoxy groups -OCH3 is 1. The molecule has 2 aromatic rings. The van der Waals surface area contributed by atoms with Gasteiger partial charge in [0.2, 0.25) is 0 Å². The van der Waals surface area contributed by atoms with Crippen molar-refractivity contribution in [1.29, 1.82) is 0 Å². The van der Waals surface area contributed by atoms with Crippen molar-refractivity contribution in [2.45, 2.75) is 6.54 Å². The Morgan fingerprint density at radius 1 is 1.29 bits per heavy atom. The number of anilines is 1. The molecule has 0 radical (unpaired) electrons. The molecule has 0 fully saturated rings. The van der Waals surface area contributed by atoms with Crippen LogP contribution in [0.3, 0.4) is 0 Å². The van der Waals surface area contributed by atoms with Gasteiger partial charge in [-0.15, -0.1) is 0 Å². The molecule has 0 unspecified atom stereocenters. The normalized spacial score (nSPS) is 10.3. The van der Waals surface area contributed by atoms with E-state index in [0.717, 1.165) is 16.4 Å². The first-order chi connectivity index (χ1) is 11.5. The monoisotopic (exact) mass is 332 g/mol. The molecule has 0 aliphatic heterocycles. The van der Waals surface area contributed by atoms with Crippen LogP contribution in [0.25, 0.3) is 0 Å². The van der Waals surface area contributed by atoms with Gasteiger partial charge in [-0.2, -0.15) is 5.10 Å². The predicted octanol–water partition coefficient (Wildman–Crippen LogP) is 0.975. The number of benzene rings is 1. The summed E-state index contributed by atoms with van der Waals surface area (Å²) in [5.74, 6) is 0.279. The van der Waals surface area contributed by atoms with Crippen LogP contribution in [0, 0.1) is 0 Å². The maximum atomic E-state index is 12.6. The Labute approximate surface area is 139 Å². The minimum atomic E-state index is -0.456. The van der Waals surface area contributed by atoms with Crippen molar-refractivity contribution in [3.63, 3.8) is 0 Å². The van der Waals surface area contributed by atoms with Crippen molar-refractivity contribution in [1.82, 2.24) is 14.8 Å². The molecule has 0 bridgehead atoms. The van der Waals surface area contributed by atoms with Crippen molar-refractivity contribution in [3.8, 4) is 5.75 Å². The van der Waals surface area contributed by atoms with Gasteiger partial charge in [0, 0.05) is 14.1 Å². The summed E-state index contributed by atoms with van der Waals surface area (Å²) >= 11 is 0. The Kier molecular flexibility index (Phi) is 5.54. The first-order valence-corrected chi connectivity index (χ1v) is 7.24. The number of nitrogens with one attached hydrogen (secondary N) is 1. The van der Waals surface area contributed by atoms with E-state index in [4.69, 9.17) is 9.57 Å². The summed E-state index contributed by atoms with van der Waals surface area (Å²) in [6, 6.07) is 7.32. The van der Waals surface area contributed by atoms with Crippen LogP contribution >= 0.6 is 0 Å². The zero-order chi connectivity index (χ0) is 17.7. The van der Waals surface area contributed by atoms with Gasteiger partial charge in [-0.25, -0.2) is 9.75 Å². The first-order valence-electron chi connectivity index (χ1n) is 7.24. The third-order valence-electron chi connectivity index (χ3n) is 3.58. The third-order valence-corrected chi connectivity index (χ3v) is 3.58. The van der Waals surface area contributed by atoms with Gasteiger partial charge in [0.15, 0.2) is 0 Å². The first kappa shape index (κ1) is 17.5. The van der Waals surface area contributed by atoms with Crippen LogP contribution in [-0.4, -0.2) is 49.1 Å². The Bertz CT molecular complexity index is 771. The van der Waals surface area contributed by atoms with Crippen molar-refractivity contribution in [2.24, 2.45) is 0 Å². The number of hydroxylamine groups is 2. The lowest BCUT2D eigenvalue weighted by atomic mass is 10.2. The molecule has 0 aliphatic rings. The van der Waals surface area contributed by atoms with Crippen molar-refractivity contribution in [3.05, 3.63) is 51.9 Å². The number of rotatable bonds is 6. The summed E-state index contributed by atoms with van der Waals surface area (Å²) in [7, 11) is 6.00. The van der Waals surface area contributed by atoms with Crippen molar-refractivity contribution in [2.75, 3.05) is 33.6 Å². The second kappa shape index (κ2) is 7.60. The number of amides is 1. The molecule has 1 N–H and O–H groups in total. The van der Waals surface area contributed by atoms with E-state index < -0.39 is 5.91 Å². The van der Waals surface area contributed by atoms with Crippen molar-refractivity contribution >= 4 is 11.6 Å². The van der Waals surface area contributed by atoms with Gasteiger partial charge in [-0.1, -0.05) is 12.1 Å². The molecule has 24 heavy (non-hydrogen) atoms. The average Bonchev–Trinajstić information content (AvgIpc) is 2.62. The second-order valence-electron chi connectivity index (χ2n) is 4.98. The number of carbonyl (C=O) groups is 1. The molecule has 128 valence electrons. The Morgan fingerprint density at radius 2 is 1.96 bits per heavy atom. The number of nitrogens with zero attached hydrogens (tertiary/aromatic N) is 3. The maximum absolute atomic E-state index is 12.6. The topological polar surface area (TPSA) is 85.7 Å². The average molecular weight is 332 g/mol. The van der Waals surface area contributed by atoms with Gasteiger partial charge in [0.05, 0.1) is 32.5 Å². The van der Waals surface area contributed by atoms with E-state index in [-0.39, 0.29) is 23.4 Å². The molecule has 1 aromatic carbocycles. The molecule has 0 spiro atoms. The largest absolute Gasteiger partial charge is 0.497 e. The Balaban J connectivity index is 2.35. The molecule has 8 heteroatoms. The van der Waals surface area contributed by atoms with E-state index in [1.807, 2.05) is 24.3 Å². The standard InChI is InChI=1S/C16H20N4O4/c1-17-14-13(15(21)19(2)24-4)9-18-20(16(14)22)10-11-5-7-12(23-3)8-6-11/h5-9,17H,10H2,1-4H3. The zero-order valence-corrected chi connectivity index (χ0v) is 14.1. The zero-order valence-electron chi connectivity index (χ0n) is 14.1. The van der Waals surface area contributed by atoms with Crippen LogP contribution in [0.1, 0.15) is 15.9 Å². The van der Waals surface area contributed by atoms with E-state index in [2.05, 4.69) is 10.4 Å². The minimum absolute atomic E-state index is 0.151. The number of hydrogen-bond acceptors (Lipinski definition) is 6. The minimum Gasteiger partial charge on any atom is -0.497 e. The molecule has 0 saturated carbocycles. The fourth-order valence-corrected chi connectivity index (χ4v) is 2.16. The van der Waals surface area contributed by atoms with Crippen LogP contribution in [0.2, 0.25) is 0 Å². The molecule has 0 atom stereocenters. The summed E-state index contributed by atoms with van der Waals surface area (Å²) in [5.41, 5.74) is 0.828. The molecule has 1 amide bonds. The molecule has 8 nitrogen and oxygen atoms in total. The smallest absolute Gasteiger partial charge is 0.291 e. The molecule has 1 heterocycles. The molecule has 2 rings (SSSR count). The van der Waals surface area contributed by atoms with Gasteiger partial charge in [0.1, 0.15) is 11.4 Å². The fourth-order valence-electron chi connectivity index (χ4n) is 2.16. The number of ether oxygens (including phenoxy) is 1. The number of carbonyl (C=O) groups excluding carboxylic acids is 1. The highest BCUT2D eigenvalue weighted by Gasteiger charge is 2.20. The predicted molar refractivity (Wildman–Crippen MR) is 89.2 cm³/mol. The third kappa shape index (κ3) is 3.54. The Hall–Kier alpha value is -2.87. The summed E-state index contributed by atoms with van der Waals surface area (Å²) in [5, 5.41) is 7.90. The van der Waals surface area contributed by atoms with Gasteiger partial charge in [-0.05, 0) is 17.7 Å². The molecule has 0 saturated heterocycles. The van der Waals surface area contributed by atoms with Crippen molar-refractivity contribution < 1.29 is 14.4 Å². The van der Waals surface area contributed by atoms with E-state index >= 15 is 0 Å². The quantitative estimate of drug-likeness (QED) is 0.794. The summed E-state index contributed by atoms with van der Waals surface area (Å²) in [6.45, 7) is 0.284. The highest BCUT2D eigenvalue weighted by atomic mass is 16.7. The molecule has 0 aliphatic carbocycles. The van der Waals surface area contributed by atoms with Gasteiger partial charge in [-0.3, -0.25) is 14.4 Å². The van der Waals surface area contributed by atoms with E-state index in [9.17, 15) is 9.59 Å². The lowest BCUT2D eigenvalue weighted by Crippen LogP contribution is -2.32. The maximum Gasteiger partial charge on any atom is 0.291 e. The summed E-state index contributed by atoms with van der Waals surface area (Å²) in [6.07, 6.45) is 1.36. The summed E-state index contributed by atoms with van der Waals surface area (Å²) in [4.78, 5) is 29.6. The summed E-state index contributed by atoms with van der Waals surface area (Å²) < 4.78 is 6.40. The molecule has 1 aromatic heterocycles.